The Kier molecular flexibility index (Phi) is 7.32. The Labute approximate surface area is 220 Å². The quantitative estimate of drug-likeness (QED) is 0.216. The molecule has 0 radical (unpaired) electrons. The van der Waals surface area contributed by atoms with Gasteiger partial charge in [0, 0.05) is 5.69 Å². The zero-order valence-corrected chi connectivity index (χ0v) is 20.6. The summed E-state index contributed by atoms with van der Waals surface area (Å²) < 4.78 is 47.1. The summed E-state index contributed by atoms with van der Waals surface area (Å²) in [4.78, 5) is 13.5. The highest BCUT2D eigenvalue weighted by molar-refractivity contribution is 8.00. The van der Waals surface area contributed by atoms with Crippen LogP contribution in [0.25, 0.3) is 11.6 Å². The number of alkyl halides is 3. The molecule has 2 heterocycles. The third-order valence-corrected chi connectivity index (χ3v) is 6.90. The lowest BCUT2D eigenvalue weighted by Crippen LogP contribution is -2.20. The number of hydrogen-bond acceptors (Lipinski definition) is 5. The van der Waals surface area contributed by atoms with E-state index in [1.54, 1.807) is 42.7 Å². The van der Waals surface area contributed by atoms with Crippen LogP contribution in [-0.2, 0) is 17.5 Å². The van der Waals surface area contributed by atoms with Crippen LogP contribution in [0.1, 0.15) is 21.9 Å². The molecule has 0 spiro atoms. The molecule has 1 atom stereocenters. The van der Waals surface area contributed by atoms with Crippen molar-refractivity contribution in [1.29, 1.82) is 0 Å². The molecule has 0 aliphatic rings. The largest absolute Gasteiger partial charge is 0.461 e. The van der Waals surface area contributed by atoms with Gasteiger partial charge in [0.25, 0.3) is 0 Å². The number of furan rings is 1. The van der Waals surface area contributed by atoms with Crippen molar-refractivity contribution in [2.45, 2.75) is 23.1 Å². The van der Waals surface area contributed by atoms with E-state index < -0.39 is 22.9 Å². The molecule has 3 aromatic carbocycles. The third-order valence-electron chi connectivity index (χ3n) is 5.66. The smallest absolute Gasteiger partial charge is 0.416 e. The van der Waals surface area contributed by atoms with Gasteiger partial charge in [0.05, 0.1) is 18.4 Å². The summed E-state index contributed by atoms with van der Waals surface area (Å²) in [6.45, 7) is 0.420. The van der Waals surface area contributed by atoms with Gasteiger partial charge in [0.1, 0.15) is 5.25 Å². The molecular weight excluding hydrogens is 513 g/mol. The maximum absolute atomic E-state index is 13.5. The molecule has 0 unspecified atom stereocenters. The molecule has 0 aliphatic heterocycles. The van der Waals surface area contributed by atoms with Crippen LogP contribution in [0.3, 0.4) is 0 Å². The average molecular weight is 535 g/mol. The van der Waals surface area contributed by atoms with E-state index in [-0.39, 0.29) is 5.69 Å². The van der Waals surface area contributed by atoms with Gasteiger partial charge < -0.3 is 9.73 Å². The Morgan fingerprint density at radius 2 is 1.66 bits per heavy atom. The van der Waals surface area contributed by atoms with Crippen molar-refractivity contribution in [3.05, 3.63) is 120 Å². The number of benzene rings is 3. The molecular formula is C28H21F3N4O2S. The molecule has 0 saturated heterocycles. The maximum Gasteiger partial charge on any atom is 0.416 e. The molecule has 5 aromatic rings. The number of carbonyl (C=O) groups is 1. The Hall–Kier alpha value is -4.31. The molecule has 5 rings (SSSR count). The highest BCUT2D eigenvalue weighted by atomic mass is 32.2. The lowest BCUT2D eigenvalue weighted by molar-refractivity contribution is -0.137. The van der Waals surface area contributed by atoms with Crippen LogP contribution in [0, 0.1) is 0 Å². The lowest BCUT2D eigenvalue weighted by Gasteiger charge is -2.18. The van der Waals surface area contributed by atoms with Crippen LogP contribution in [0.4, 0.5) is 18.9 Å². The molecule has 6 nitrogen and oxygen atoms in total. The van der Waals surface area contributed by atoms with Gasteiger partial charge in [-0.05, 0) is 41.5 Å². The fraction of sp³-hybridized carbons (Fsp3) is 0.107. The lowest BCUT2D eigenvalue weighted by atomic mass is 10.1. The van der Waals surface area contributed by atoms with Gasteiger partial charge >= 0.3 is 6.18 Å². The monoisotopic (exact) mass is 534 g/mol. The van der Waals surface area contributed by atoms with Gasteiger partial charge in [-0.1, -0.05) is 78.5 Å². The summed E-state index contributed by atoms with van der Waals surface area (Å²) in [7, 11) is 0. The number of nitrogens with one attached hydrogen (secondary N) is 1. The van der Waals surface area contributed by atoms with Gasteiger partial charge in [0.2, 0.25) is 11.7 Å². The maximum atomic E-state index is 13.5. The second-order valence-electron chi connectivity index (χ2n) is 8.33. The Morgan fingerprint density at radius 1 is 0.921 bits per heavy atom. The summed E-state index contributed by atoms with van der Waals surface area (Å²) in [6.07, 6.45) is -2.98. The van der Waals surface area contributed by atoms with Crippen molar-refractivity contribution in [1.82, 2.24) is 14.8 Å². The number of carbonyl (C=O) groups excluding carboxylic acids is 1. The number of amides is 1. The molecule has 38 heavy (non-hydrogen) atoms. The van der Waals surface area contributed by atoms with E-state index in [2.05, 4.69) is 15.5 Å². The number of rotatable bonds is 8. The van der Waals surface area contributed by atoms with Crippen LogP contribution in [0.15, 0.2) is 113 Å². The van der Waals surface area contributed by atoms with E-state index in [0.717, 1.165) is 29.5 Å². The summed E-state index contributed by atoms with van der Waals surface area (Å²) in [5.41, 5.74) is 0.862. The molecule has 192 valence electrons. The number of aromatic nitrogens is 3. The van der Waals surface area contributed by atoms with Crippen LogP contribution < -0.4 is 5.32 Å². The van der Waals surface area contributed by atoms with E-state index in [4.69, 9.17) is 4.42 Å². The number of hydrogen-bond donors (Lipinski definition) is 1. The second kappa shape index (κ2) is 11.0. The van der Waals surface area contributed by atoms with E-state index in [1.165, 1.54) is 12.1 Å². The molecule has 0 aliphatic carbocycles. The van der Waals surface area contributed by atoms with Crippen molar-refractivity contribution in [2.75, 3.05) is 5.32 Å². The fourth-order valence-corrected chi connectivity index (χ4v) is 4.90. The van der Waals surface area contributed by atoms with Crippen LogP contribution >= 0.6 is 11.8 Å². The van der Waals surface area contributed by atoms with Crippen molar-refractivity contribution in [2.24, 2.45) is 0 Å². The van der Waals surface area contributed by atoms with Crippen molar-refractivity contribution >= 4 is 23.4 Å². The Bertz CT molecular complexity index is 1500. The van der Waals surface area contributed by atoms with Gasteiger partial charge in [-0.2, -0.15) is 13.2 Å². The predicted molar refractivity (Wildman–Crippen MR) is 138 cm³/mol. The second-order valence-corrected chi connectivity index (χ2v) is 9.40. The van der Waals surface area contributed by atoms with Crippen LogP contribution in [0.5, 0.6) is 0 Å². The Balaban J connectivity index is 1.49. The van der Waals surface area contributed by atoms with Crippen molar-refractivity contribution < 1.29 is 22.4 Å². The van der Waals surface area contributed by atoms with E-state index in [1.807, 2.05) is 41.0 Å². The molecule has 0 bridgehead atoms. The zero-order valence-electron chi connectivity index (χ0n) is 19.8. The van der Waals surface area contributed by atoms with Crippen molar-refractivity contribution in [3.8, 4) is 11.6 Å². The minimum atomic E-state index is -4.52. The fourth-order valence-electron chi connectivity index (χ4n) is 3.86. The van der Waals surface area contributed by atoms with Crippen LogP contribution in [-0.4, -0.2) is 20.7 Å². The first kappa shape index (κ1) is 25.3. The van der Waals surface area contributed by atoms with Gasteiger partial charge in [-0.25, -0.2) is 0 Å². The standard InChI is InChI=1S/C28H21F3N4O2S/c29-28(30,31)21-13-7-14-22(17-21)32-26(36)24(20-11-5-2-6-12-20)38-27-34-33-25(23-15-8-16-37-23)35(27)18-19-9-3-1-4-10-19/h1-17,24H,18H2,(H,32,36)/t24-/m0/s1. The van der Waals surface area contributed by atoms with E-state index in [9.17, 15) is 18.0 Å². The first-order valence-corrected chi connectivity index (χ1v) is 12.5. The first-order valence-electron chi connectivity index (χ1n) is 11.6. The average Bonchev–Trinajstić information content (AvgIpc) is 3.58. The molecule has 0 saturated carbocycles. The van der Waals surface area contributed by atoms with E-state index in [0.29, 0.717) is 28.8 Å². The number of halogens is 3. The van der Waals surface area contributed by atoms with Gasteiger partial charge in [0.15, 0.2) is 10.9 Å². The molecule has 0 fully saturated rings. The summed E-state index contributed by atoms with van der Waals surface area (Å²) in [5, 5.41) is 10.9. The molecule has 10 heteroatoms. The topological polar surface area (TPSA) is 73.0 Å². The molecule has 1 N–H and O–H groups in total. The SMILES string of the molecule is O=C(Nc1cccc(C(F)(F)F)c1)[C@@H](Sc1nnc(-c2ccco2)n1Cc1ccccc1)c1ccccc1. The molecule has 1 amide bonds. The predicted octanol–water partition coefficient (Wildman–Crippen LogP) is 7.08. The normalized spacial score (nSPS) is 12.3. The van der Waals surface area contributed by atoms with E-state index >= 15 is 0 Å². The highest BCUT2D eigenvalue weighted by Crippen LogP contribution is 2.38. The summed E-state index contributed by atoms with van der Waals surface area (Å²) in [6, 6.07) is 26.8. The first-order chi connectivity index (χ1) is 18.4. The minimum absolute atomic E-state index is 0.0494. The molecule has 2 aromatic heterocycles. The number of nitrogens with zero attached hydrogens (tertiary/aromatic N) is 3. The minimum Gasteiger partial charge on any atom is -0.461 e. The summed E-state index contributed by atoms with van der Waals surface area (Å²) in [5.74, 6) is 0.519. The zero-order chi connectivity index (χ0) is 26.5. The van der Waals surface area contributed by atoms with Crippen molar-refractivity contribution in [3.63, 3.8) is 0 Å². The van der Waals surface area contributed by atoms with Gasteiger partial charge in [-0.3, -0.25) is 9.36 Å². The number of thioether (sulfide) groups is 1. The third kappa shape index (κ3) is 5.81. The van der Waals surface area contributed by atoms with Crippen LogP contribution in [0.2, 0.25) is 0 Å². The number of anilines is 1. The summed E-state index contributed by atoms with van der Waals surface area (Å²) >= 11 is 1.16. The Morgan fingerprint density at radius 3 is 2.34 bits per heavy atom. The van der Waals surface area contributed by atoms with Gasteiger partial charge in [-0.15, -0.1) is 10.2 Å². The highest BCUT2D eigenvalue weighted by Gasteiger charge is 2.31.